The first-order valence-corrected chi connectivity index (χ1v) is 25.0. The van der Waals surface area contributed by atoms with E-state index < -0.39 is 64.4 Å². The third-order valence-electron chi connectivity index (χ3n) is 13.2. The number of halogens is 6. The minimum atomic E-state index is -3.29. The van der Waals surface area contributed by atoms with Crippen LogP contribution in [0, 0.1) is 24.7 Å². The first-order valence-electron chi connectivity index (χ1n) is 24.2. The van der Waals surface area contributed by atoms with Crippen molar-refractivity contribution in [2.24, 2.45) is 10.8 Å². The third kappa shape index (κ3) is 13.9. The van der Waals surface area contributed by atoms with Crippen LogP contribution in [-0.2, 0) is 43.9 Å². The number of hydrogen-bond donors (Lipinski definition) is 1. The summed E-state index contributed by atoms with van der Waals surface area (Å²) in [6, 6.07) is 13.0. The maximum absolute atomic E-state index is 14.8. The second kappa shape index (κ2) is 23.2. The van der Waals surface area contributed by atoms with Crippen molar-refractivity contribution >= 4 is 46.7 Å². The van der Waals surface area contributed by atoms with E-state index >= 15 is 0 Å². The molecule has 0 amide bonds. The largest absolute Gasteiger partial charge is 1.00 e. The summed E-state index contributed by atoms with van der Waals surface area (Å²) in [4.78, 5) is 49.2. The minimum Gasteiger partial charge on any atom is -0.550 e. The predicted octanol–water partition coefficient (Wildman–Crippen LogP) is 9.80. The zero-order valence-electron chi connectivity index (χ0n) is 43.2. The van der Waals surface area contributed by atoms with Crippen LogP contribution in [0.15, 0.2) is 66.6 Å². The van der Waals surface area contributed by atoms with Crippen LogP contribution in [0.25, 0.3) is 22.9 Å². The topological polar surface area (TPSA) is 216 Å². The number of aliphatic carboxylic acids is 2. The monoisotopic (exact) mass is 1090 g/mol. The standard InChI is InChI=1S/2C27H29ClF2N2O5.Na/c2*1-14-5-6-16(19(28)9-14)10-18(33)11-17(12-22(34)35)24-23(15-7-8-15)25(37-32-24)20-13-21(36-31-20)27(29,30)26(2,3)4;/h2*5-6,9,13,15,17H,7-8,10-12H2,1-4H3,(H,34,35);/q;;+1/p-1/t2*17-;/m11./s1. The van der Waals surface area contributed by atoms with Crippen molar-refractivity contribution in [2.45, 2.75) is 155 Å². The van der Waals surface area contributed by atoms with E-state index in [2.05, 4.69) is 20.6 Å². The second-order valence-electron chi connectivity index (χ2n) is 21.6. The Morgan fingerprint density at radius 2 is 0.987 bits per heavy atom. The van der Waals surface area contributed by atoms with E-state index in [0.29, 0.717) is 43.7 Å². The van der Waals surface area contributed by atoms with Crippen LogP contribution in [0.4, 0.5) is 17.6 Å². The van der Waals surface area contributed by atoms with Gasteiger partial charge in [-0.05, 0) is 92.2 Å². The molecule has 8 rings (SSSR count). The van der Waals surface area contributed by atoms with Crippen molar-refractivity contribution in [3.63, 3.8) is 0 Å². The average Bonchev–Trinajstić information content (AvgIpc) is 4.04. The number of carbonyl (C=O) groups is 4. The zero-order valence-corrected chi connectivity index (χ0v) is 46.7. The molecule has 2 atom stereocenters. The molecule has 0 bridgehead atoms. The summed E-state index contributed by atoms with van der Waals surface area (Å²) >= 11 is 12.5. The van der Waals surface area contributed by atoms with Crippen molar-refractivity contribution in [3.05, 3.63) is 115 Å². The number of nitrogens with zero attached hydrogens (tertiary/aromatic N) is 4. The Morgan fingerprint density at radius 1 is 0.613 bits per heavy atom. The number of carboxylic acid groups (broad SMARTS) is 2. The fraction of sp³-hybridized carbons (Fsp3) is 0.481. The van der Waals surface area contributed by atoms with Gasteiger partial charge in [0.15, 0.2) is 22.9 Å². The van der Waals surface area contributed by atoms with Crippen molar-refractivity contribution in [1.29, 1.82) is 0 Å². The van der Waals surface area contributed by atoms with Gasteiger partial charge in [0.2, 0.25) is 11.5 Å². The van der Waals surface area contributed by atoms with Gasteiger partial charge in [0.1, 0.15) is 11.6 Å². The van der Waals surface area contributed by atoms with E-state index in [1.54, 1.807) is 24.3 Å². The Bertz CT molecular complexity index is 2850. The van der Waals surface area contributed by atoms with Gasteiger partial charge in [-0.15, -0.1) is 0 Å². The summed E-state index contributed by atoms with van der Waals surface area (Å²) in [6.07, 6.45) is 2.24. The maximum Gasteiger partial charge on any atom is 1.00 e. The van der Waals surface area contributed by atoms with Gasteiger partial charge in [0.05, 0.1) is 17.8 Å². The number of aromatic nitrogens is 4. The van der Waals surface area contributed by atoms with Gasteiger partial charge in [0.25, 0.3) is 0 Å². The number of carboxylic acids is 2. The van der Waals surface area contributed by atoms with E-state index in [1.807, 2.05) is 26.0 Å². The fourth-order valence-electron chi connectivity index (χ4n) is 8.56. The zero-order chi connectivity index (χ0) is 54.2. The van der Waals surface area contributed by atoms with Crippen LogP contribution in [0.1, 0.15) is 173 Å². The molecule has 4 aromatic heterocycles. The Balaban J connectivity index is 0.000000241. The van der Waals surface area contributed by atoms with Gasteiger partial charge in [0, 0.05) is 87.6 Å². The molecule has 2 fully saturated rings. The maximum atomic E-state index is 14.8. The summed E-state index contributed by atoms with van der Waals surface area (Å²) in [7, 11) is 0. The molecule has 2 aromatic carbocycles. The molecule has 1 N–H and O–H groups in total. The number of Topliss-reactive ketones (excluding diaryl/α,β-unsaturated/α-hetero) is 2. The predicted molar refractivity (Wildman–Crippen MR) is 261 cm³/mol. The van der Waals surface area contributed by atoms with Crippen molar-refractivity contribution in [3.8, 4) is 22.9 Å². The SMILES string of the molecule is Cc1ccc(CC(=O)C[C@H](CC(=O)O)c2noc(-c3cc(C(F)(F)C(C)(C)C)on3)c2C2CC2)c(Cl)c1.Cc1ccc(CC(=O)C[C@H](CC(=O)[O-])c2noc(-c3cc(C(F)(F)C(C)(C)C)on3)c2C2CC2)c(Cl)c1.[Na+]. The summed E-state index contributed by atoms with van der Waals surface area (Å²) in [5.74, 6) is -11.9. The fourth-order valence-corrected chi connectivity index (χ4v) is 9.17. The van der Waals surface area contributed by atoms with E-state index in [4.69, 9.17) is 41.3 Å². The minimum absolute atomic E-state index is 0. The quantitative estimate of drug-likeness (QED) is 0.0556. The molecule has 2 aliphatic carbocycles. The van der Waals surface area contributed by atoms with Gasteiger partial charge in [-0.1, -0.05) is 110 Å². The Hall–Kier alpha value is -5.14. The number of aryl methyl sites for hydroxylation is 2. The molecule has 0 spiro atoms. The molecule has 0 saturated heterocycles. The molecule has 396 valence electrons. The van der Waals surface area contributed by atoms with Crippen LogP contribution < -0.4 is 34.7 Å². The molecule has 21 heteroatoms. The van der Waals surface area contributed by atoms with E-state index in [9.17, 15) is 47.0 Å². The van der Waals surface area contributed by atoms with Crippen LogP contribution >= 0.6 is 23.2 Å². The van der Waals surface area contributed by atoms with Crippen molar-refractivity contribution in [2.75, 3.05) is 0 Å². The Labute approximate surface area is 462 Å². The van der Waals surface area contributed by atoms with Crippen molar-refractivity contribution < 1.29 is 94.6 Å². The molecular weight excluding hydrogens is 1030 g/mol. The number of benzene rings is 2. The summed E-state index contributed by atoms with van der Waals surface area (Å²) in [5, 5.41) is 37.9. The van der Waals surface area contributed by atoms with Crippen LogP contribution in [0.5, 0.6) is 0 Å². The molecule has 0 radical (unpaired) electrons. The summed E-state index contributed by atoms with van der Waals surface area (Å²) < 4.78 is 80.3. The number of rotatable bonds is 20. The van der Waals surface area contributed by atoms with Gasteiger partial charge >= 0.3 is 47.4 Å². The van der Waals surface area contributed by atoms with E-state index in [0.717, 1.165) is 48.9 Å². The number of alkyl halides is 4. The summed E-state index contributed by atoms with van der Waals surface area (Å²) in [6.45, 7) is 12.1. The smallest absolute Gasteiger partial charge is 0.550 e. The van der Waals surface area contributed by atoms with Crippen LogP contribution in [0.3, 0.4) is 0 Å². The van der Waals surface area contributed by atoms with E-state index in [1.165, 1.54) is 41.5 Å². The summed E-state index contributed by atoms with van der Waals surface area (Å²) in [5.41, 5.74) is 2.34. The normalized spacial score (nSPS) is 14.9. The Kier molecular flexibility index (Phi) is 18.3. The van der Waals surface area contributed by atoms with Gasteiger partial charge < -0.3 is 33.1 Å². The molecule has 2 saturated carbocycles. The molecule has 0 unspecified atom stereocenters. The molecule has 6 aromatic rings. The van der Waals surface area contributed by atoms with Crippen LogP contribution in [-0.4, -0.2) is 49.2 Å². The van der Waals surface area contributed by atoms with Crippen molar-refractivity contribution in [1.82, 2.24) is 20.6 Å². The first kappa shape index (κ1) is 59.1. The Morgan fingerprint density at radius 3 is 1.31 bits per heavy atom. The van der Waals surface area contributed by atoms with Gasteiger partial charge in [-0.3, -0.25) is 14.4 Å². The van der Waals surface area contributed by atoms with E-state index in [-0.39, 0.29) is 108 Å². The first-order chi connectivity index (χ1) is 34.5. The molecule has 75 heavy (non-hydrogen) atoms. The molecule has 2 aliphatic rings. The molecular formula is C54H57Cl2F4N4NaO10. The second-order valence-corrected chi connectivity index (χ2v) is 22.4. The number of hydrogen-bond acceptors (Lipinski definition) is 13. The van der Waals surface area contributed by atoms with Crippen LogP contribution in [0.2, 0.25) is 10.0 Å². The number of ketones is 2. The molecule has 14 nitrogen and oxygen atoms in total. The molecule has 4 heterocycles. The van der Waals surface area contributed by atoms with Gasteiger partial charge in [-0.2, -0.15) is 17.6 Å². The average molecular weight is 1090 g/mol. The third-order valence-corrected chi connectivity index (χ3v) is 13.9. The number of carbonyl (C=O) groups excluding carboxylic acids is 3. The molecule has 0 aliphatic heterocycles. The van der Waals surface area contributed by atoms with Gasteiger partial charge in [-0.25, -0.2) is 0 Å².